The van der Waals surface area contributed by atoms with Crippen molar-refractivity contribution in [2.75, 3.05) is 0 Å². The van der Waals surface area contributed by atoms with Crippen molar-refractivity contribution in [3.8, 4) is 0 Å². The number of halogens is 1. The Morgan fingerprint density at radius 1 is 1.64 bits per heavy atom. The van der Waals surface area contributed by atoms with Crippen LogP contribution in [0.5, 0.6) is 0 Å². The van der Waals surface area contributed by atoms with Crippen molar-refractivity contribution in [2.45, 2.75) is 19.3 Å². The SMILES string of the molecule is CCc1ccc(=S)n(CCl)n1. The molecule has 1 heterocycles. The molecule has 0 aliphatic carbocycles. The maximum atomic E-state index is 5.59. The van der Waals surface area contributed by atoms with Crippen LogP contribution >= 0.6 is 23.8 Å². The van der Waals surface area contributed by atoms with Crippen molar-refractivity contribution in [3.63, 3.8) is 0 Å². The van der Waals surface area contributed by atoms with E-state index in [1.807, 2.05) is 19.1 Å². The minimum Gasteiger partial charge on any atom is -0.240 e. The van der Waals surface area contributed by atoms with E-state index < -0.39 is 0 Å². The van der Waals surface area contributed by atoms with Crippen LogP contribution < -0.4 is 0 Å². The highest BCUT2D eigenvalue weighted by atomic mass is 35.5. The monoisotopic (exact) mass is 188 g/mol. The molecule has 1 aromatic rings. The first kappa shape index (κ1) is 8.68. The van der Waals surface area contributed by atoms with Crippen LogP contribution in [0.4, 0.5) is 0 Å². The number of hydrogen-bond acceptors (Lipinski definition) is 2. The maximum absolute atomic E-state index is 5.59. The lowest BCUT2D eigenvalue weighted by molar-refractivity contribution is 0.680. The molecule has 60 valence electrons. The fraction of sp³-hybridized carbons (Fsp3) is 0.429. The Kier molecular flexibility index (Phi) is 3.02. The standard InChI is InChI=1S/C7H9ClN2S/c1-2-6-3-4-7(11)10(5-8)9-6/h3-4H,2,5H2,1H3. The first-order chi connectivity index (χ1) is 5.27. The third-order valence-electron chi connectivity index (χ3n) is 1.40. The lowest BCUT2D eigenvalue weighted by Crippen LogP contribution is -2.03. The highest BCUT2D eigenvalue weighted by Crippen LogP contribution is 1.98. The van der Waals surface area contributed by atoms with E-state index in [1.165, 1.54) is 0 Å². The summed E-state index contributed by atoms with van der Waals surface area (Å²) >= 11 is 10.6. The maximum Gasteiger partial charge on any atom is 0.124 e. The molecule has 0 fully saturated rings. The molecule has 11 heavy (non-hydrogen) atoms. The van der Waals surface area contributed by atoms with Crippen LogP contribution in [0, 0.1) is 4.64 Å². The number of aromatic nitrogens is 2. The predicted octanol–water partition coefficient (Wildman–Crippen LogP) is 2.37. The number of alkyl halides is 1. The van der Waals surface area contributed by atoms with Crippen molar-refractivity contribution >= 4 is 23.8 Å². The molecule has 0 aliphatic rings. The lowest BCUT2D eigenvalue weighted by Gasteiger charge is -2.01. The van der Waals surface area contributed by atoms with E-state index in [0.717, 1.165) is 12.1 Å². The summed E-state index contributed by atoms with van der Waals surface area (Å²) in [4.78, 5) is 0. The minimum atomic E-state index is 0.326. The van der Waals surface area contributed by atoms with E-state index in [2.05, 4.69) is 5.10 Å². The summed E-state index contributed by atoms with van der Waals surface area (Å²) < 4.78 is 2.28. The van der Waals surface area contributed by atoms with Gasteiger partial charge in [-0.2, -0.15) is 5.10 Å². The van der Waals surface area contributed by atoms with Gasteiger partial charge >= 0.3 is 0 Å². The summed E-state index contributed by atoms with van der Waals surface area (Å²) in [5.74, 6) is 0. The molecule has 0 bridgehead atoms. The topological polar surface area (TPSA) is 17.8 Å². The number of nitrogens with zero attached hydrogens (tertiary/aromatic N) is 2. The zero-order valence-electron chi connectivity index (χ0n) is 6.25. The van der Waals surface area contributed by atoms with Gasteiger partial charge in [0.05, 0.1) is 5.69 Å². The van der Waals surface area contributed by atoms with E-state index >= 15 is 0 Å². The summed E-state index contributed by atoms with van der Waals surface area (Å²) in [7, 11) is 0. The van der Waals surface area contributed by atoms with Crippen LogP contribution in [-0.2, 0) is 12.4 Å². The van der Waals surface area contributed by atoms with Gasteiger partial charge in [0.1, 0.15) is 10.6 Å². The Hall–Kier alpha value is -0.410. The van der Waals surface area contributed by atoms with Crippen LogP contribution in [-0.4, -0.2) is 9.78 Å². The quantitative estimate of drug-likeness (QED) is 0.524. The fourth-order valence-electron chi connectivity index (χ4n) is 0.765. The molecular formula is C7H9ClN2S. The van der Waals surface area contributed by atoms with Crippen molar-refractivity contribution in [3.05, 3.63) is 22.5 Å². The number of rotatable bonds is 2. The highest BCUT2D eigenvalue weighted by molar-refractivity contribution is 7.71. The Bertz CT molecular complexity index is 295. The lowest BCUT2D eigenvalue weighted by atomic mass is 10.3. The molecule has 0 unspecified atom stereocenters. The van der Waals surface area contributed by atoms with Crippen LogP contribution in [0.2, 0.25) is 0 Å². The minimum absolute atomic E-state index is 0.326. The smallest absolute Gasteiger partial charge is 0.124 e. The molecule has 1 rings (SSSR count). The second-order valence-corrected chi connectivity index (χ2v) is 2.79. The van der Waals surface area contributed by atoms with Gasteiger partial charge in [-0.05, 0) is 18.6 Å². The summed E-state index contributed by atoms with van der Waals surface area (Å²) in [5, 5.41) is 4.19. The van der Waals surface area contributed by atoms with Crippen molar-refractivity contribution in [1.29, 1.82) is 0 Å². The number of hydrogen-bond donors (Lipinski definition) is 0. The molecule has 0 spiro atoms. The van der Waals surface area contributed by atoms with E-state index in [9.17, 15) is 0 Å². The first-order valence-corrected chi connectivity index (χ1v) is 4.35. The summed E-state index contributed by atoms with van der Waals surface area (Å²) in [6, 6.07) is 4.10. The third kappa shape index (κ3) is 2.01. The second kappa shape index (κ2) is 3.83. The Morgan fingerprint density at radius 2 is 2.36 bits per heavy atom. The molecule has 0 atom stereocenters. The zero-order valence-corrected chi connectivity index (χ0v) is 7.82. The van der Waals surface area contributed by atoms with Gasteiger partial charge in [-0.1, -0.05) is 19.1 Å². The molecule has 0 radical (unpaired) electrons. The van der Waals surface area contributed by atoms with Crippen molar-refractivity contribution < 1.29 is 0 Å². The van der Waals surface area contributed by atoms with E-state index in [0.29, 0.717) is 10.6 Å². The highest BCUT2D eigenvalue weighted by Gasteiger charge is 1.93. The van der Waals surface area contributed by atoms with Crippen molar-refractivity contribution in [1.82, 2.24) is 9.78 Å². The normalized spacial score (nSPS) is 10.0. The Morgan fingerprint density at radius 3 is 2.91 bits per heavy atom. The van der Waals surface area contributed by atoms with Gasteiger partial charge in [-0.15, -0.1) is 11.6 Å². The Balaban J connectivity index is 3.13. The second-order valence-electron chi connectivity index (χ2n) is 2.14. The van der Waals surface area contributed by atoms with Crippen LogP contribution in [0.25, 0.3) is 0 Å². The molecule has 0 aliphatic heterocycles. The molecule has 0 saturated carbocycles. The van der Waals surface area contributed by atoms with Crippen LogP contribution in [0.1, 0.15) is 12.6 Å². The molecule has 4 heteroatoms. The van der Waals surface area contributed by atoms with Crippen molar-refractivity contribution in [2.24, 2.45) is 0 Å². The molecule has 2 nitrogen and oxygen atoms in total. The average Bonchev–Trinajstić information content (AvgIpc) is 2.05. The van der Waals surface area contributed by atoms with Crippen LogP contribution in [0.15, 0.2) is 12.1 Å². The molecule has 0 aromatic carbocycles. The van der Waals surface area contributed by atoms with Gasteiger partial charge in [-0.3, -0.25) is 0 Å². The van der Waals surface area contributed by atoms with E-state index in [4.69, 9.17) is 23.8 Å². The largest absolute Gasteiger partial charge is 0.240 e. The number of aryl methyl sites for hydroxylation is 1. The Labute approximate surface area is 75.8 Å². The molecule has 0 saturated heterocycles. The van der Waals surface area contributed by atoms with Crippen LogP contribution in [0.3, 0.4) is 0 Å². The molecule has 1 aromatic heterocycles. The fourth-order valence-corrected chi connectivity index (χ4v) is 1.19. The van der Waals surface area contributed by atoms with Gasteiger partial charge in [0.25, 0.3) is 0 Å². The van der Waals surface area contributed by atoms with E-state index in [-0.39, 0.29) is 0 Å². The molecule has 0 amide bonds. The first-order valence-electron chi connectivity index (χ1n) is 3.41. The molecule has 0 N–H and O–H groups in total. The van der Waals surface area contributed by atoms with E-state index in [1.54, 1.807) is 4.68 Å². The zero-order chi connectivity index (χ0) is 8.27. The summed E-state index contributed by atoms with van der Waals surface area (Å²) in [6.07, 6.45) is 0.909. The average molecular weight is 189 g/mol. The predicted molar refractivity (Wildman–Crippen MR) is 48.3 cm³/mol. The summed E-state index contributed by atoms with van der Waals surface area (Å²) in [6.45, 7) is 2.05. The van der Waals surface area contributed by atoms with Gasteiger partial charge in [-0.25, -0.2) is 4.68 Å². The van der Waals surface area contributed by atoms with Gasteiger partial charge in [0, 0.05) is 0 Å². The third-order valence-corrected chi connectivity index (χ3v) is 1.97. The van der Waals surface area contributed by atoms with Gasteiger partial charge < -0.3 is 0 Å². The summed E-state index contributed by atoms with van der Waals surface area (Å²) in [5.41, 5.74) is 1.01. The van der Waals surface area contributed by atoms with Gasteiger partial charge in [0.15, 0.2) is 0 Å². The molecular weight excluding hydrogens is 180 g/mol. The van der Waals surface area contributed by atoms with Gasteiger partial charge in [0.2, 0.25) is 0 Å².